The number of ether oxygens (including phenoxy) is 2. The molecule has 2 fully saturated rings. The lowest BCUT2D eigenvalue weighted by Gasteiger charge is -2.24. The Balaban J connectivity index is 1.60. The summed E-state index contributed by atoms with van der Waals surface area (Å²) in [4.78, 5) is 44.9. The molecular formula is C28H34F2N4O5. The van der Waals surface area contributed by atoms with E-state index in [0.29, 0.717) is 43.2 Å². The summed E-state index contributed by atoms with van der Waals surface area (Å²) in [7, 11) is 1.67. The number of aromatic nitrogens is 1. The molecule has 0 spiro atoms. The Morgan fingerprint density at radius 1 is 1.21 bits per heavy atom. The Kier molecular flexibility index (Phi) is 8.66. The zero-order valence-electron chi connectivity index (χ0n) is 22.4. The molecule has 210 valence electrons. The summed E-state index contributed by atoms with van der Waals surface area (Å²) in [6, 6.07) is 6.22. The normalized spacial score (nSPS) is 18.8. The minimum atomic E-state index is -2.98. The van der Waals surface area contributed by atoms with Crippen molar-refractivity contribution in [3.05, 3.63) is 52.8 Å². The van der Waals surface area contributed by atoms with E-state index in [-0.39, 0.29) is 47.4 Å². The van der Waals surface area contributed by atoms with Gasteiger partial charge in [-0.15, -0.1) is 0 Å². The number of carbonyl (C=O) groups excluding carboxylic acids is 3. The third-order valence-electron chi connectivity index (χ3n) is 7.37. The molecule has 9 nitrogen and oxygen atoms in total. The minimum Gasteiger partial charge on any atom is -0.489 e. The minimum absolute atomic E-state index is 0.0249. The highest BCUT2D eigenvalue weighted by Crippen LogP contribution is 2.39. The number of benzene rings is 1. The van der Waals surface area contributed by atoms with Gasteiger partial charge in [0.2, 0.25) is 5.91 Å². The van der Waals surface area contributed by atoms with Crippen molar-refractivity contribution < 1.29 is 32.6 Å². The van der Waals surface area contributed by atoms with E-state index in [1.807, 2.05) is 6.92 Å². The van der Waals surface area contributed by atoms with Gasteiger partial charge in [0.25, 0.3) is 11.8 Å². The van der Waals surface area contributed by atoms with Gasteiger partial charge in [0.1, 0.15) is 5.69 Å². The van der Waals surface area contributed by atoms with Crippen LogP contribution in [0.2, 0.25) is 0 Å². The SMILES string of the molecule is CCN(C)C(=O)c1cnc(C(N)=O)c(C[C@H]2C[C@@H](c3ccc(OC(F)F)c(OCC4CC4)c3)CN2C(C)=O)c1. The number of nitrogens with zero attached hydrogens (tertiary/aromatic N) is 3. The number of carbonyl (C=O) groups is 3. The zero-order chi connectivity index (χ0) is 28.3. The molecule has 11 heteroatoms. The van der Waals surface area contributed by atoms with Gasteiger partial charge in [0.15, 0.2) is 11.5 Å². The summed E-state index contributed by atoms with van der Waals surface area (Å²) < 4.78 is 36.4. The smallest absolute Gasteiger partial charge is 0.387 e. The second-order valence-electron chi connectivity index (χ2n) is 10.2. The number of rotatable bonds is 11. The number of amides is 3. The number of alkyl halides is 2. The second-order valence-corrected chi connectivity index (χ2v) is 10.2. The number of pyridine rings is 1. The van der Waals surface area contributed by atoms with E-state index in [0.717, 1.165) is 18.4 Å². The lowest BCUT2D eigenvalue weighted by Crippen LogP contribution is -2.36. The average molecular weight is 545 g/mol. The first kappa shape index (κ1) is 28.3. The van der Waals surface area contributed by atoms with Crippen LogP contribution in [-0.4, -0.2) is 71.9 Å². The van der Waals surface area contributed by atoms with Crippen molar-refractivity contribution in [2.75, 3.05) is 26.7 Å². The highest BCUT2D eigenvalue weighted by molar-refractivity contribution is 5.96. The fraction of sp³-hybridized carbons (Fsp3) is 0.500. The largest absolute Gasteiger partial charge is 0.489 e. The van der Waals surface area contributed by atoms with Gasteiger partial charge in [-0.05, 0) is 67.9 Å². The standard InChI is InChI=1S/C28H34F2N4O5/c1-4-33(3)27(37)20-9-19(25(26(31)36)32-13-20)10-22-11-21(14-34(22)16(2)35)18-7-8-23(39-28(29)30)24(12-18)38-15-17-5-6-17/h7-9,12-13,17,21-22,28H,4-6,10-11,14-15H2,1-3H3,(H2,31,36)/t21-,22+/m1/s1. The highest BCUT2D eigenvalue weighted by atomic mass is 19.3. The molecule has 1 aromatic carbocycles. The van der Waals surface area contributed by atoms with Gasteiger partial charge in [-0.25, -0.2) is 4.98 Å². The van der Waals surface area contributed by atoms with E-state index in [1.54, 1.807) is 30.1 Å². The van der Waals surface area contributed by atoms with Gasteiger partial charge in [-0.2, -0.15) is 8.78 Å². The van der Waals surface area contributed by atoms with Crippen LogP contribution in [0.1, 0.15) is 71.0 Å². The van der Waals surface area contributed by atoms with Gasteiger partial charge < -0.3 is 25.0 Å². The summed E-state index contributed by atoms with van der Waals surface area (Å²) >= 11 is 0. The monoisotopic (exact) mass is 544 g/mol. The lowest BCUT2D eigenvalue weighted by atomic mass is 9.93. The average Bonchev–Trinajstić information content (AvgIpc) is 3.64. The van der Waals surface area contributed by atoms with Crippen LogP contribution in [0.5, 0.6) is 11.5 Å². The van der Waals surface area contributed by atoms with Crippen molar-refractivity contribution in [2.45, 2.75) is 58.1 Å². The Labute approximate surface area is 226 Å². The summed E-state index contributed by atoms with van der Waals surface area (Å²) in [6.07, 6.45) is 4.25. The topological polar surface area (TPSA) is 115 Å². The first-order chi connectivity index (χ1) is 18.6. The van der Waals surface area contributed by atoms with Crippen molar-refractivity contribution in [1.29, 1.82) is 0 Å². The molecule has 3 amide bonds. The molecule has 0 bridgehead atoms. The van der Waals surface area contributed by atoms with Gasteiger partial charge >= 0.3 is 6.61 Å². The Hall–Kier alpha value is -3.76. The molecule has 2 atom stereocenters. The fourth-order valence-corrected chi connectivity index (χ4v) is 4.94. The summed E-state index contributed by atoms with van der Waals surface area (Å²) in [5, 5.41) is 0. The lowest BCUT2D eigenvalue weighted by molar-refractivity contribution is -0.129. The maximum Gasteiger partial charge on any atom is 0.387 e. The Bertz CT molecular complexity index is 1240. The van der Waals surface area contributed by atoms with Crippen LogP contribution in [0.3, 0.4) is 0 Å². The Morgan fingerprint density at radius 2 is 1.95 bits per heavy atom. The van der Waals surface area contributed by atoms with E-state index in [4.69, 9.17) is 10.5 Å². The van der Waals surface area contributed by atoms with Crippen molar-refractivity contribution >= 4 is 17.7 Å². The maximum atomic E-state index is 13.0. The molecule has 1 saturated carbocycles. The molecule has 39 heavy (non-hydrogen) atoms. The molecular weight excluding hydrogens is 510 g/mol. The van der Waals surface area contributed by atoms with Gasteiger partial charge in [0.05, 0.1) is 12.2 Å². The van der Waals surface area contributed by atoms with Crippen molar-refractivity contribution in [2.24, 2.45) is 11.7 Å². The third-order valence-corrected chi connectivity index (χ3v) is 7.37. The molecule has 2 N–H and O–H groups in total. The van der Waals surface area contributed by atoms with Crippen LogP contribution in [0.15, 0.2) is 30.5 Å². The molecule has 1 saturated heterocycles. The van der Waals surface area contributed by atoms with Gasteiger partial charge in [0, 0.05) is 45.2 Å². The molecule has 1 aliphatic carbocycles. The van der Waals surface area contributed by atoms with E-state index in [1.165, 1.54) is 24.1 Å². The molecule has 0 radical (unpaired) electrons. The number of halogens is 2. The molecule has 0 unspecified atom stereocenters. The second kappa shape index (κ2) is 12.0. The van der Waals surface area contributed by atoms with Crippen LogP contribution in [0.25, 0.3) is 0 Å². The molecule has 1 aromatic heterocycles. The first-order valence-corrected chi connectivity index (χ1v) is 13.1. The number of likely N-dealkylation sites (tertiary alicyclic amines) is 1. The van der Waals surface area contributed by atoms with Crippen molar-refractivity contribution in [3.63, 3.8) is 0 Å². The molecule has 2 aromatic rings. The van der Waals surface area contributed by atoms with E-state index in [9.17, 15) is 23.2 Å². The van der Waals surface area contributed by atoms with Crippen LogP contribution < -0.4 is 15.2 Å². The zero-order valence-corrected chi connectivity index (χ0v) is 22.4. The van der Waals surface area contributed by atoms with Crippen LogP contribution in [-0.2, 0) is 11.2 Å². The van der Waals surface area contributed by atoms with E-state index < -0.39 is 12.5 Å². The first-order valence-electron chi connectivity index (χ1n) is 13.1. The van der Waals surface area contributed by atoms with Gasteiger partial charge in [-0.3, -0.25) is 14.4 Å². The van der Waals surface area contributed by atoms with Crippen LogP contribution in [0, 0.1) is 5.92 Å². The summed E-state index contributed by atoms with van der Waals surface area (Å²) in [6.45, 7) is 1.68. The summed E-state index contributed by atoms with van der Waals surface area (Å²) in [5.41, 5.74) is 7.28. The number of hydrogen-bond donors (Lipinski definition) is 1. The van der Waals surface area contributed by atoms with Crippen molar-refractivity contribution in [3.8, 4) is 11.5 Å². The van der Waals surface area contributed by atoms with Crippen LogP contribution in [0.4, 0.5) is 8.78 Å². The summed E-state index contributed by atoms with van der Waals surface area (Å²) in [5.74, 6) is -0.554. The predicted molar refractivity (Wildman–Crippen MR) is 139 cm³/mol. The number of primary amides is 1. The van der Waals surface area contributed by atoms with Crippen LogP contribution >= 0.6 is 0 Å². The van der Waals surface area contributed by atoms with E-state index >= 15 is 0 Å². The quantitative estimate of drug-likeness (QED) is 0.462. The molecule has 2 heterocycles. The molecule has 1 aliphatic heterocycles. The predicted octanol–water partition coefficient (Wildman–Crippen LogP) is 3.61. The van der Waals surface area contributed by atoms with E-state index in [2.05, 4.69) is 9.72 Å². The number of hydrogen-bond acceptors (Lipinski definition) is 6. The molecule has 2 aliphatic rings. The number of nitrogens with two attached hydrogens (primary N) is 1. The van der Waals surface area contributed by atoms with Gasteiger partial charge in [-0.1, -0.05) is 6.07 Å². The Morgan fingerprint density at radius 3 is 2.56 bits per heavy atom. The highest BCUT2D eigenvalue weighted by Gasteiger charge is 2.36. The van der Waals surface area contributed by atoms with Crippen molar-refractivity contribution in [1.82, 2.24) is 14.8 Å². The molecule has 4 rings (SSSR count). The third kappa shape index (κ3) is 6.82. The fourth-order valence-electron chi connectivity index (χ4n) is 4.94. The maximum absolute atomic E-state index is 13.0.